The van der Waals surface area contributed by atoms with Crippen LogP contribution in [0.15, 0.2) is 0 Å². The topological polar surface area (TPSA) is 18.5 Å². The van der Waals surface area contributed by atoms with Gasteiger partial charge in [0.2, 0.25) is 0 Å². The van der Waals surface area contributed by atoms with Crippen molar-refractivity contribution >= 4 is 0 Å². The van der Waals surface area contributed by atoms with Gasteiger partial charge in [-0.05, 0) is 26.7 Å². The maximum atomic E-state index is 5.32. The Morgan fingerprint density at radius 1 is 1.67 bits per heavy atom. The van der Waals surface area contributed by atoms with Crippen LogP contribution in [0.4, 0.5) is 0 Å². The van der Waals surface area contributed by atoms with E-state index in [0.29, 0.717) is 13.0 Å². The van der Waals surface area contributed by atoms with Crippen LogP contribution < -0.4 is 0 Å². The third-order valence-corrected chi connectivity index (χ3v) is 1.39. The molecule has 1 aliphatic heterocycles. The van der Waals surface area contributed by atoms with Crippen molar-refractivity contribution in [1.82, 2.24) is 0 Å². The number of ether oxygens (including phenoxy) is 2. The fraction of sp³-hybridized carbons (Fsp3) is 0.857. The highest BCUT2D eigenvalue weighted by Crippen LogP contribution is 2.14. The molecule has 0 aromatic rings. The van der Waals surface area contributed by atoms with E-state index < -0.39 is 0 Å². The lowest BCUT2D eigenvalue weighted by atomic mass is 10.2. The van der Waals surface area contributed by atoms with Crippen LogP contribution in [-0.4, -0.2) is 19.0 Å². The first kappa shape index (κ1) is 7.03. The highest BCUT2D eigenvalue weighted by Gasteiger charge is 2.20. The molecule has 2 heteroatoms. The van der Waals surface area contributed by atoms with Gasteiger partial charge < -0.3 is 9.47 Å². The monoisotopic (exact) mass is 128 g/mol. The summed E-state index contributed by atoms with van der Waals surface area (Å²) in [5, 5.41) is 0. The Hall–Kier alpha value is -0.0800. The Balaban J connectivity index is 2.14. The number of hydrogen-bond acceptors (Lipinski definition) is 2. The van der Waals surface area contributed by atoms with E-state index in [1.165, 1.54) is 0 Å². The maximum absolute atomic E-state index is 5.32. The lowest BCUT2D eigenvalue weighted by Crippen LogP contribution is -2.09. The standard InChI is InChI=1S/C7H12O2/c1-3-4-7-5-8-6(2)9-7/h1,6-7H,3-5H2,2H3. The van der Waals surface area contributed by atoms with Crippen molar-refractivity contribution in [2.24, 2.45) is 0 Å². The quantitative estimate of drug-likeness (QED) is 0.557. The van der Waals surface area contributed by atoms with Gasteiger partial charge in [-0.15, -0.1) is 0 Å². The van der Waals surface area contributed by atoms with Gasteiger partial charge in [0, 0.05) is 0 Å². The Labute approximate surface area is 56.2 Å². The van der Waals surface area contributed by atoms with E-state index in [2.05, 4.69) is 0 Å². The molecule has 9 heavy (non-hydrogen) atoms. The summed E-state index contributed by atoms with van der Waals surface area (Å²) in [5.74, 6) is 0. The second-order valence-electron chi connectivity index (χ2n) is 2.24. The Bertz CT molecular complexity index is 81.0. The molecule has 0 spiro atoms. The van der Waals surface area contributed by atoms with Crippen LogP contribution in [0.2, 0.25) is 0 Å². The summed E-state index contributed by atoms with van der Waals surface area (Å²) in [6.45, 7) is 7.92. The maximum Gasteiger partial charge on any atom is 0.155 e. The van der Waals surface area contributed by atoms with Crippen molar-refractivity contribution in [2.45, 2.75) is 32.2 Å². The van der Waals surface area contributed by atoms with Crippen LogP contribution in [0.3, 0.4) is 0 Å². The molecule has 1 fully saturated rings. The van der Waals surface area contributed by atoms with Crippen LogP contribution in [0.1, 0.15) is 19.8 Å². The van der Waals surface area contributed by atoms with Crippen molar-refractivity contribution in [1.29, 1.82) is 0 Å². The minimum atomic E-state index is -0.0263. The molecule has 0 amide bonds. The highest BCUT2D eigenvalue weighted by atomic mass is 16.7. The number of hydrogen-bond donors (Lipinski definition) is 0. The van der Waals surface area contributed by atoms with E-state index in [9.17, 15) is 0 Å². The third-order valence-electron chi connectivity index (χ3n) is 1.39. The highest BCUT2D eigenvalue weighted by molar-refractivity contribution is 4.63. The molecular weight excluding hydrogens is 116 g/mol. The van der Waals surface area contributed by atoms with Gasteiger partial charge in [-0.1, -0.05) is 0 Å². The lowest BCUT2D eigenvalue weighted by Gasteiger charge is -2.04. The van der Waals surface area contributed by atoms with Crippen LogP contribution in [-0.2, 0) is 9.47 Å². The summed E-state index contributed by atoms with van der Waals surface area (Å²) < 4.78 is 10.4. The van der Waals surface area contributed by atoms with Crippen molar-refractivity contribution < 1.29 is 9.47 Å². The molecule has 1 heterocycles. The molecule has 0 aromatic heterocycles. The number of rotatable bonds is 2. The minimum Gasteiger partial charge on any atom is -0.350 e. The van der Waals surface area contributed by atoms with E-state index in [1.807, 2.05) is 6.92 Å². The van der Waals surface area contributed by atoms with Gasteiger partial charge in [-0.3, -0.25) is 0 Å². The molecule has 1 saturated heterocycles. The SMILES string of the molecule is [CH]CCC1COC(C)O1. The summed E-state index contributed by atoms with van der Waals surface area (Å²) in [4.78, 5) is 0. The summed E-state index contributed by atoms with van der Waals surface area (Å²) >= 11 is 0. The first-order chi connectivity index (χ1) is 4.33. The Morgan fingerprint density at radius 2 is 2.44 bits per heavy atom. The fourth-order valence-corrected chi connectivity index (χ4v) is 0.930. The van der Waals surface area contributed by atoms with Gasteiger partial charge in [-0.25, -0.2) is 0 Å². The normalized spacial score (nSPS) is 35.3. The van der Waals surface area contributed by atoms with Gasteiger partial charge >= 0.3 is 0 Å². The largest absolute Gasteiger partial charge is 0.350 e. The minimum absolute atomic E-state index is 0.0263. The molecule has 2 radical (unpaired) electrons. The van der Waals surface area contributed by atoms with Gasteiger partial charge in [0.25, 0.3) is 0 Å². The molecule has 0 aliphatic carbocycles. The predicted molar refractivity (Wildman–Crippen MR) is 33.8 cm³/mol. The van der Waals surface area contributed by atoms with Crippen molar-refractivity contribution in [3.63, 3.8) is 0 Å². The first-order valence-electron chi connectivity index (χ1n) is 3.30. The smallest absolute Gasteiger partial charge is 0.155 e. The second-order valence-corrected chi connectivity index (χ2v) is 2.24. The molecule has 2 atom stereocenters. The molecule has 0 aromatic carbocycles. The van der Waals surface area contributed by atoms with E-state index >= 15 is 0 Å². The van der Waals surface area contributed by atoms with E-state index in [0.717, 1.165) is 6.42 Å². The van der Waals surface area contributed by atoms with Gasteiger partial charge in [-0.2, -0.15) is 0 Å². The van der Waals surface area contributed by atoms with Crippen LogP contribution >= 0.6 is 0 Å². The Morgan fingerprint density at radius 3 is 2.89 bits per heavy atom. The first-order valence-corrected chi connectivity index (χ1v) is 3.30. The molecule has 52 valence electrons. The van der Waals surface area contributed by atoms with Crippen molar-refractivity contribution in [3.05, 3.63) is 6.92 Å². The zero-order valence-corrected chi connectivity index (χ0v) is 5.67. The van der Waals surface area contributed by atoms with Crippen molar-refractivity contribution in [3.8, 4) is 0 Å². The summed E-state index contributed by atoms with van der Waals surface area (Å²) in [5.41, 5.74) is 0. The molecule has 2 unspecified atom stereocenters. The third kappa shape index (κ3) is 1.95. The van der Waals surface area contributed by atoms with Crippen LogP contribution in [0.25, 0.3) is 0 Å². The zero-order valence-electron chi connectivity index (χ0n) is 5.67. The molecule has 2 nitrogen and oxygen atoms in total. The van der Waals surface area contributed by atoms with E-state index in [4.69, 9.17) is 16.4 Å². The summed E-state index contributed by atoms with van der Waals surface area (Å²) in [7, 11) is 0. The van der Waals surface area contributed by atoms with Crippen LogP contribution in [0.5, 0.6) is 0 Å². The second kappa shape index (κ2) is 3.18. The average molecular weight is 128 g/mol. The molecule has 0 saturated carbocycles. The molecular formula is C7H12O2. The average Bonchev–Trinajstić information content (AvgIpc) is 2.17. The molecule has 0 bridgehead atoms. The zero-order chi connectivity index (χ0) is 6.69. The van der Waals surface area contributed by atoms with Crippen molar-refractivity contribution in [2.75, 3.05) is 6.61 Å². The van der Waals surface area contributed by atoms with Gasteiger partial charge in [0.15, 0.2) is 6.29 Å². The lowest BCUT2D eigenvalue weighted by molar-refractivity contribution is -0.0430. The summed E-state index contributed by atoms with van der Waals surface area (Å²) in [6, 6.07) is 0. The van der Waals surface area contributed by atoms with E-state index in [1.54, 1.807) is 0 Å². The van der Waals surface area contributed by atoms with Crippen LogP contribution in [0, 0.1) is 6.92 Å². The summed E-state index contributed by atoms with van der Waals surface area (Å²) in [6.07, 6.45) is 1.80. The van der Waals surface area contributed by atoms with Gasteiger partial charge in [0.05, 0.1) is 12.7 Å². The fourth-order valence-electron chi connectivity index (χ4n) is 0.930. The predicted octanol–water partition coefficient (Wildman–Crippen LogP) is 1.24. The molecule has 1 rings (SSSR count). The molecule has 0 N–H and O–H groups in total. The molecule has 1 aliphatic rings. The Kier molecular flexibility index (Phi) is 2.49. The van der Waals surface area contributed by atoms with Gasteiger partial charge in [0.1, 0.15) is 0 Å². The van der Waals surface area contributed by atoms with E-state index in [-0.39, 0.29) is 12.4 Å².